The molecule has 0 atom stereocenters. The highest BCUT2D eigenvalue weighted by atomic mass is 16.5. The molecule has 0 amide bonds. The second kappa shape index (κ2) is 20.5. The number of esters is 1. The van der Waals surface area contributed by atoms with E-state index in [-0.39, 0.29) is 5.97 Å². The molecule has 3 heteroatoms. The van der Waals surface area contributed by atoms with E-state index in [1.54, 1.807) is 6.92 Å². The average Bonchev–Trinajstić information content (AvgIpc) is 2.63. The van der Waals surface area contributed by atoms with Crippen molar-refractivity contribution in [2.24, 2.45) is 0 Å². The van der Waals surface area contributed by atoms with Gasteiger partial charge in [-0.05, 0) is 19.9 Å². The fourth-order valence-electron chi connectivity index (χ4n) is 3.09. The largest absolute Gasteiger partial charge is 0.461 e. The molecule has 0 rings (SSSR count). The molecule has 0 fully saturated rings. The first-order valence-corrected chi connectivity index (χ1v) is 11.2. The van der Waals surface area contributed by atoms with Gasteiger partial charge in [0.1, 0.15) is 6.61 Å². The minimum Gasteiger partial charge on any atom is -0.461 e. The van der Waals surface area contributed by atoms with E-state index in [0.717, 1.165) is 13.1 Å². The van der Waals surface area contributed by atoms with Crippen molar-refractivity contribution in [2.75, 3.05) is 19.7 Å². The van der Waals surface area contributed by atoms with E-state index in [9.17, 15) is 4.79 Å². The van der Waals surface area contributed by atoms with Gasteiger partial charge in [-0.15, -0.1) is 0 Å². The average molecular weight is 368 g/mol. The van der Waals surface area contributed by atoms with Crippen LogP contribution in [0.2, 0.25) is 0 Å². The van der Waals surface area contributed by atoms with Crippen LogP contribution in [0.1, 0.15) is 110 Å². The number of rotatable bonds is 20. The maximum atomic E-state index is 11.2. The summed E-state index contributed by atoms with van der Waals surface area (Å²) in [5.41, 5.74) is 0.465. The molecule has 154 valence electrons. The van der Waals surface area contributed by atoms with Gasteiger partial charge in [0.05, 0.1) is 0 Å². The van der Waals surface area contributed by atoms with Crippen molar-refractivity contribution in [3.63, 3.8) is 0 Å². The highest BCUT2D eigenvalue weighted by Crippen LogP contribution is 2.13. The molecule has 0 aromatic carbocycles. The summed E-state index contributed by atoms with van der Waals surface area (Å²) in [5.74, 6) is -0.293. The Balaban J connectivity index is 3.05. The third kappa shape index (κ3) is 19.5. The fourth-order valence-corrected chi connectivity index (χ4v) is 3.09. The summed E-state index contributed by atoms with van der Waals surface area (Å²) >= 11 is 0. The first-order valence-electron chi connectivity index (χ1n) is 11.2. The van der Waals surface area contributed by atoms with Gasteiger partial charge in [0.25, 0.3) is 0 Å². The zero-order valence-electron chi connectivity index (χ0n) is 17.8. The van der Waals surface area contributed by atoms with E-state index in [1.165, 1.54) is 96.3 Å². The van der Waals surface area contributed by atoms with Crippen molar-refractivity contribution in [3.05, 3.63) is 12.2 Å². The van der Waals surface area contributed by atoms with Gasteiger partial charge in [-0.3, -0.25) is 0 Å². The Morgan fingerprint density at radius 1 is 0.731 bits per heavy atom. The molecule has 0 aliphatic rings. The molecule has 3 nitrogen and oxygen atoms in total. The van der Waals surface area contributed by atoms with E-state index < -0.39 is 0 Å². The molecule has 26 heavy (non-hydrogen) atoms. The van der Waals surface area contributed by atoms with Crippen molar-refractivity contribution in [3.8, 4) is 0 Å². The summed E-state index contributed by atoms with van der Waals surface area (Å²) in [6.07, 6.45) is 20.9. The minimum atomic E-state index is -0.293. The van der Waals surface area contributed by atoms with Gasteiger partial charge < -0.3 is 10.1 Å². The zero-order valence-corrected chi connectivity index (χ0v) is 17.8. The first-order chi connectivity index (χ1) is 12.7. The van der Waals surface area contributed by atoms with E-state index >= 15 is 0 Å². The van der Waals surface area contributed by atoms with Crippen molar-refractivity contribution in [2.45, 2.75) is 110 Å². The second-order valence-corrected chi connectivity index (χ2v) is 7.62. The molecule has 1 N–H and O–H groups in total. The van der Waals surface area contributed by atoms with Crippen LogP contribution in [0.5, 0.6) is 0 Å². The predicted molar refractivity (Wildman–Crippen MR) is 114 cm³/mol. The topological polar surface area (TPSA) is 38.3 Å². The molecular weight excluding hydrogens is 322 g/mol. The molecule has 0 saturated carbocycles. The zero-order chi connectivity index (χ0) is 19.3. The number of hydrogen-bond donors (Lipinski definition) is 1. The summed E-state index contributed by atoms with van der Waals surface area (Å²) in [6, 6.07) is 0. The number of hydrogen-bond acceptors (Lipinski definition) is 3. The smallest absolute Gasteiger partial charge is 0.333 e. The van der Waals surface area contributed by atoms with Crippen LogP contribution in [0.25, 0.3) is 0 Å². The molecule has 0 aliphatic carbocycles. The molecular formula is C23H45NO2. The quantitative estimate of drug-likeness (QED) is 0.150. The monoisotopic (exact) mass is 367 g/mol. The molecule has 0 radical (unpaired) electrons. The lowest BCUT2D eigenvalue weighted by Crippen LogP contribution is -2.22. The molecule has 0 aromatic rings. The number of ether oxygens (including phenoxy) is 1. The third-order valence-electron chi connectivity index (χ3n) is 4.82. The van der Waals surface area contributed by atoms with Gasteiger partial charge in [0.15, 0.2) is 0 Å². The summed E-state index contributed by atoms with van der Waals surface area (Å²) in [7, 11) is 0. The number of carbonyl (C=O) groups excluding carboxylic acids is 1. The Kier molecular flexibility index (Phi) is 19.8. The highest BCUT2D eigenvalue weighted by Gasteiger charge is 2.01. The maximum Gasteiger partial charge on any atom is 0.333 e. The fraction of sp³-hybridized carbons (Fsp3) is 0.870. The number of unbranched alkanes of at least 4 members (excludes halogenated alkanes) is 14. The van der Waals surface area contributed by atoms with Crippen molar-refractivity contribution < 1.29 is 9.53 Å². The van der Waals surface area contributed by atoms with Crippen molar-refractivity contribution in [1.82, 2.24) is 5.32 Å². The molecule has 0 saturated heterocycles. The second-order valence-electron chi connectivity index (χ2n) is 7.62. The molecule has 0 aliphatic heterocycles. The summed E-state index contributed by atoms with van der Waals surface area (Å²) in [6.45, 7) is 9.70. The van der Waals surface area contributed by atoms with Crippen LogP contribution in [-0.4, -0.2) is 25.7 Å². The molecule has 0 spiro atoms. The molecule has 0 bridgehead atoms. The van der Waals surface area contributed by atoms with E-state index in [1.807, 2.05) is 0 Å². The van der Waals surface area contributed by atoms with Crippen LogP contribution in [0, 0.1) is 0 Å². The minimum absolute atomic E-state index is 0.293. The van der Waals surface area contributed by atoms with E-state index in [2.05, 4.69) is 18.8 Å². The van der Waals surface area contributed by atoms with Crippen LogP contribution in [0.4, 0.5) is 0 Å². The van der Waals surface area contributed by atoms with Gasteiger partial charge in [-0.2, -0.15) is 0 Å². The van der Waals surface area contributed by atoms with Gasteiger partial charge >= 0.3 is 5.97 Å². The Morgan fingerprint density at radius 2 is 1.15 bits per heavy atom. The summed E-state index contributed by atoms with van der Waals surface area (Å²) in [4.78, 5) is 11.2. The Bertz CT molecular complexity index is 328. The lowest BCUT2D eigenvalue weighted by Gasteiger charge is -2.06. The molecule has 0 unspecified atom stereocenters. The third-order valence-corrected chi connectivity index (χ3v) is 4.82. The molecule has 0 aromatic heterocycles. The van der Waals surface area contributed by atoms with Crippen LogP contribution in [-0.2, 0) is 9.53 Å². The number of carbonyl (C=O) groups is 1. The van der Waals surface area contributed by atoms with Gasteiger partial charge in [0.2, 0.25) is 0 Å². The van der Waals surface area contributed by atoms with Crippen molar-refractivity contribution in [1.29, 1.82) is 0 Å². The standard InChI is InChI=1S/C23H45NO2/c1-4-5-6-7-8-9-10-11-12-13-14-15-16-17-18-19-24-20-21-26-23(25)22(2)3/h24H,2,4-21H2,1,3H3. The van der Waals surface area contributed by atoms with Crippen LogP contribution in [0.3, 0.4) is 0 Å². The Labute approximate surface area is 163 Å². The van der Waals surface area contributed by atoms with E-state index in [0.29, 0.717) is 12.2 Å². The SMILES string of the molecule is C=C(C)C(=O)OCCNCCCCCCCCCCCCCCCCC. The van der Waals surface area contributed by atoms with Gasteiger partial charge in [0, 0.05) is 12.1 Å². The Hall–Kier alpha value is -0.830. The van der Waals surface area contributed by atoms with Gasteiger partial charge in [-0.25, -0.2) is 4.79 Å². The first kappa shape index (κ1) is 25.2. The van der Waals surface area contributed by atoms with Crippen LogP contribution >= 0.6 is 0 Å². The lowest BCUT2D eigenvalue weighted by molar-refractivity contribution is -0.138. The summed E-state index contributed by atoms with van der Waals surface area (Å²) in [5, 5.41) is 3.32. The van der Waals surface area contributed by atoms with Gasteiger partial charge in [-0.1, -0.05) is 103 Å². The van der Waals surface area contributed by atoms with E-state index in [4.69, 9.17) is 4.74 Å². The Morgan fingerprint density at radius 3 is 1.58 bits per heavy atom. The molecule has 0 heterocycles. The number of nitrogens with one attached hydrogen (secondary N) is 1. The maximum absolute atomic E-state index is 11.2. The van der Waals surface area contributed by atoms with Crippen LogP contribution in [0.15, 0.2) is 12.2 Å². The van der Waals surface area contributed by atoms with Crippen LogP contribution < -0.4 is 5.32 Å². The predicted octanol–water partition coefficient (Wildman–Crippen LogP) is 6.57. The van der Waals surface area contributed by atoms with Crippen molar-refractivity contribution >= 4 is 5.97 Å². The normalized spacial score (nSPS) is 10.8. The highest BCUT2D eigenvalue weighted by molar-refractivity contribution is 5.86. The lowest BCUT2D eigenvalue weighted by atomic mass is 10.0. The summed E-state index contributed by atoms with van der Waals surface area (Å²) < 4.78 is 5.03.